The van der Waals surface area contributed by atoms with Crippen LogP contribution in [0.1, 0.15) is 31.7 Å². The Kier molecular flexibility index (Phi) is 4.23. The van der Waals surface area contributed by atoms with Crippen LogP contribution >= 0.6 is 0 Å². The molecule has 2 rings (SSSR count). The average molecular weight is 219 g/mol. The first-order chi connectivity index (χ1) is 7.90. The summed E-state index contributed by atoms with van der Waals surface area (Å²) in [4.78, 5) is 0. The molecular weight excluding hydrogens is 198 g/mol. The zero-order chi connectivity index (χ0) is 11.2. The van der Waals surface area contributed by atoms with E-state index in [1.807, 2.05) is 6.07 Å². The minimum Gasteiger partial charge on any atom is -0.493 e. The Bertz CT molecular complexity index is 320. The molecule has 1 fully saturated rings. The molecule has 0 saturated heterocycles. The molecule has 88 valence electrons. The molecule has 1 saturated carbocycles. The lowest BCUT2D eigenvalue weighted by atomic mass is 10.2. The van der Waals surface area contributed by atoms with Gasteiger partial charge in [-0.1, -0.05) is 38.0 Å². The molecule has 0 spiro atoms. The first-order valence-corrected chi connectivity index (χ1v) is 6.31. The Balaban J connectivity index is 1.84. The third kappa shape index (κ3) is 3.53. The van der Waals surface area contributed by atoms with Gasteiger partial charge in [0.25, 0.3) is 0 Å². The molecule has 1 aromatic carbocycles. The molecule has 1 N–H and O–H groups in total. The van der Waals surface area contributed by atoms with E-state index in [1.54, 1.807) is 0 Å². The molecule has 1 aromatic rings. The highest BCUT2D eigenvalue weighted by Crippen LogP contribution is 2.32. The lowest BCUT2D eigenvalue weighted by molar-refractivity contribution is 0.299. The smallest absolute Gasteiger partial charge is 0.123 e. The van der Waals surface area contributed by atoms with Gasteiger partial charge in [0, 0.05) is 12.1 Å². The number of benzene rings is 1. The van der Waals surface area contributed by atoms with Gasteiger partial charge in [-0.2, -0.15) is 0 Å². The summed E-state index contributed by atoms with van der Waals surface area (Å²) in [7, 11) is 0. The second-order valence-electron chi connectivity index (χ2n) is 4.47. The first kappa shape index (κ1) is 11.5. The number of hydrogen-bond donors (Lipinski definition) is 1. The van der Waals surface area contributed by atoms with Gasteiger partial charge in [-0.25, -0.2) is 0 Å². The van der Waals surface area contributed by atoms with Gasteiger partial charge in [0.05, 0.1) is 6.61 Å². The molecule has 0 heterocycles. The van der Waals surface area contributed by atoms with Crippen LogP contribution in [-0.2, 0) is 6.54 Å². The zero-order valence-corrected chi connectivity index (χ0v) is 10.0. The number of ether oxygens (including phenoxy) is 1. The van der Waals surface area contributed by atoms with Gasteiger partial charge in [-0.15, -0.1) is 0 Å². The van der Waals surface area contributed by atoms with E-state index >= 15 is 0 Å². The number of para-hydroxylation sites is 1. The second kappa shape index (κ2) is 5.90. The van der Waals surface area contributed by atoms with Crippen LogP contribution in [0.5, 0.6) is 5.75 Å². The normalized spacial score (nSPS) is 15.1. The van der Waals surface area contributed by atoms with E-state index in [2.05, 4.69) is 30.4 Å². The van der Waals surface area contributed by atoms with Crippen molar-refractivity contribution in [2.45, 2.75) is 32.7 Å². The van der Waals surface area contributed by atoms with Gasteiger partial charge in [-0.3, -0.25) is 0 Å². The molecule has 1 aliphatic carbocycles. The largest absolute Gasteiger partial charge is 0.493 e. The van der Waals surface area contributed by atoms with Crippen molar-refractivity contribution < 1.29 is 4.74 Å². The third-order valence-corrected chi connectivity index (χ3v) is 3.02. The van der Waals surface area contributed by atoms with Crippen molar-refractivity contribution in [1.82, 2.24) is 5.32 Å². The molecule has 16 heavy (non-hydrogen) atoms. The van der Waals surface area contributed by atoms with Crippen LogP contribution in [0.25, 0.3) is 0 Å². The lowest BCUT2D eigenvalue weighted by Gasteiger charge is -2.11. The molecule has 0 atom stereocenters. The van der Waals surface area contributed by atoms with Crippen LogP contribution in [0.15, 0.2) is 24.3 Å². The minimum absolute atomic E-state index is 0.869. The van der Waals surface area contributed by atoms with Crippen LogP contribution in [0.3, 0.4) is 0 Å². The molecule has 1 aliphatic rings. The van der Waals surface area contributed by atoms with Crippen molar-refractivity contribution in [3.05, 3.63) is 29.8 Å². The molecule has 0 radical (unpaired) electrons. The van der Waals surface area contributed by atoms with E-state index in [0.29, 0.717) is 0 Å². The summed E-state index contributed by atoms with van der Waals surface area (Å²) in [6.07, 6.45) is 4.03. The van der Waals surface area contributed by atoms with E-state index in [0.717, 1.165) is 31.4 Å². The van der Waals surface area contributed by atoms with Crippen molar-refractivity contribution in [3.8, 4) is 5.75 Å². The standard InChI is InChI=1S/C14H21NO/c1-2-15-11-13-5-3-4-6-14(13)16-10-9-12-7-8-12/h3-6,12,15H,2,7-11H2,1H3. The monoisotopic (exact) mass is 219 g/mol. The summed E-state index contributed by atoms with van der Waals surface area (Å²) in [5.41, 5.74) is 1.26. The van der Waals surface area contributed by atoms with E-state index in [-0.39, 0.29) is 0 Å². The molecule has 0 aromatic heterocycles. The molecular formula is C14H21NO. The quantitative estimate of drug-likeness (QED) is 0.761. The minimum atomic E-state index is 0.869. The van der Waals surface area contributed by atoms with Crippen LogP contribution in [0, 0.1) is 5.92 Å². The lowest BCUT2D eigenvalue weighted by Crippen LogP contribution is -2.13. The fourth-order valence-electron chi connectivity index (χ4n) is 1.79. The van der Waals surface area contributed by atoms with E-state index < -0.39 is 0 Å². The predicted octanol–water partition coefficient (Wildman–Crippen LogP) is 2.98. The molecule has 0 bridgehead atoms. The van der Waals surface area contributed by atoms with Gasteiger partial charge in [0.2, 0.25) is 0 Å². The number of rotatable bonds is 7. The van der Waals surface area contributed by atoms with Crippen LogP contribution in [0.4, 0.5) is 0 Å². The zero-order valence-electron chi connectivity index (χ0n) is 10.0. The van der Waals surface area contributed by atoms with Crippen LogP contribution < -0.4 is 10.1 Å². The summed E-state index contributed by atoms with van der Waals surface area (Å²) in [6.45, 7) is 4.89. The summed E-state index contributed by atoms with van der Waals surface area (Å²) >= 11 is 0. The van der Waals surface area contributed by atoms with Crippen molar-refractivity contribution in [2.75, 3.05) is 13.2 Å². The van der Waals surface area contributed by atoms with Gasteiger partial charge in [-0.05, 0) is 24.9 Å². The summed E-state index contributed by atoms with van der Waals surface area (Å²) in [6, 6.07) is 8.32. The summed E-state index contributed by atoms with van der Waals surface area (Å²) in [5.74, 6) is 1.99. The number of nitrogens with one attached hydrogen (secondary N) is 1. The van der Waals surface area contributed by atoms with Crippen molar-refractivity contribution in [1.29, 1.82) is 0 Å². The Morgan fingerprint density at radius 2 is 2.12 bits per heavy atom. The third-order valence-electron chi connectivity index (χ3n) is 3.02. The SMILES string of the molecule is CCNCc1ccccc1OCCC1CC1. The summed E-state index contributed by atoms with van der Waals surface area (Å²) < 4.78 is 5.85. The Morgan fingerprint density at radius 3 is 2.88 bits per heavy atom. The molecule has 2 heteroatoms. The maximum Gasteiger partial charge on any atom is 0.123 e. The van der Waals surface area contributed by atoms with Gasteiger partial charge in [0.15, 0.2) is 0 Å². The fraction of sp³-hybridized carbons (Fsp3) is 0.571. The number of hydrogen-bond acceptors (Lipinski definition) is 2. The van der Waals surface area contributed by atoms with Gasteiger partial charge < -0.3 is 10.1 Å². The molecule has 2 nitrogen and oxygen atoms in total. The van der Waals surface area contributed by atoms with Crippen molar-refractivity contribution in [3.63, 3.8) is 0 Å². The van der Waals surface area contributed by atoms with Crippen LogP contribution in [0.2, 0.25) is 0 Å². The second-order valence-corrected chi connectivity index (χ2v) is 4.47. The highest BCUT2D eigenvalue weighted by atomic mass is 16.5. The predicted molar refractivity (Wildman–Crippen MR) is 66.7 cm³/mol. The van der Waals surface area contributed by atoms with Crippen molar-refractivity contribution >= 4 is 0 Å². The van der Waals surface area contributed by atoms with E-state index in [4.69, 9.17) is 4.74 Å². The Hall–Kier alpha value is -1.02. The first-order valence-electron chi connectivity index (χ1n) is 6.31. The van der Waals surface area contributed by atoms with Crippen LogP contribution in [-0.4, -0.2) is 13.2 Å². The molecule has 0 aliphatic heterocycles. The summed E-state index contributed by atoms with van der Waals surface area (Å²) in [5, 5.41) is 3.34. The molecule has 0 amide bonds. The highest BCUT2D eigenvalue weighted by molar-refractivity contribution is 5.33. The molecule has 0 unspecified atom stereocenters. The Morgan fingerprint density at radius 1 is 1.31 bits per heavy atom. The van der Waals surface area contributed by atoms with Gasteiger partial charge in [0.1, 0.15) is 5.75 Å². The van der Waals surface area contributed by atoms with E-state index in [1.165, 1.54) is 24.8 Å². The topological polar surface area (TPSA) is 21.3 Å². The maximum absolute atomic E-state index is 5.85. The average Bonchev–Trinajstić information content (AvgIpc) is 3.12. The van der Waals surface area contributed by atoms with E-state index in [9.17, 15) is 0 Å². The Labute approximate surface area is 98.0 Å². The maximum atomic E-state index is 5.85. The highest BCUT2D eigenvalue weighted by Gasteiger charge is 2.20. The van der Waals surface area contributed by atoms with Gasteiger partial charge >= 0.3 is 0 Å². The fourth-order valence-corrected chi connectivity index (χ4v) is 1.79. The van der Waals surface area contributed by atoms with Crippen molar-refractivity contribution in [2.24, 2.45) is 5.92 Å².